The summed E-state index contributed by atoms with van der Waals surface area (Å²) in [6.45, 7) is 1.80. The molecule has 0 amide bonds. The van der Waals surface area contributed by atoms with Crippen molar-refractivity contribution in [2.24, 2.45) is 0 Å². The number of rotatable bonds is 1. The van der Waals surface area contributed by atoms with Crippen LogP contribution in [0, 0.1) is 0 Å². The van der Waals surface area contributed by atoms with Gasteiger partial charge in [-0.3, -0.25) is 0 Å². The maximum atomic E-state index is 5.81. The molecule has 2 atom stereocenters. The first kappa shape index (κ1) is 10.1. The average molecular weight is 219 g/mol. The number of ether oxygens (including phenoxy) is 2. The van der Waals surface area contributed by atoms with Crippen LogP contribution in [-0.4, -0.2) is 32.4 Å². The Balaban J connectivity index is 1.95. The van der Waals surface area contributed by atoms with Crippen LogP contribution in [0.5, 0.6) is 5.75 Å². The van der Waals surface area contributed by atoms with Crippen molar-refractivity contribution in [3.8, 4) is 5.75 Å². The molecule has 1 aliphatic carbocycles. The van der Waals surface area contributed by atoms with Gasteiger partial charge in [-0.25, -0.2) is 0 Å². The molecular weight excluding hydrogens is 202 g/mol. The number of nitrogens with one attached hydrogen (secondary N) is 1. The standard InChI is InChI=1S/C13H17NO2/c1-15-12-4-2-3-9-7-13-11(8-10(9)12)14-5-6-16-13/h2-4,11,13-14H,5-8H2,1H3/t11-,13-/m0/s1. The second kappa shape index (κ2) is 4.07. The maximum Gasteiger partial charge on any atom is 0.122 e. The summed E-state index contributed by atoms with van der Waals surface area (Å²) < 4.78 is 11.2. The van der Waals surface area contributed by atoms with Crippen molar-refractivity contribution in [1.29, 1.82) is 0 Å². The van der Waals surface area contributed by atoms with Gasteiger partial charge in [-0.05, 0) is 23.6 Å². The van der Waals surface area contributed by atoms with Crippen molar-refractivity contribution >= 4 is 0 Å². The quantitative estimate of drug-likeness (QED) is 0.768. The highest BCUT2D eigenvalue weighted by molar-refractivity contribution is 5.43. The molecule has 16 heavy (non-hydrogen) atoms. The van der Waals surface area contributed by atoms with E-state index in [1.165, 1.54) is 11.1 Å². The van der Waals surface area contributed by atoms with E-state index in [0.717, 1.165) is 31.7 Å². The van der Waals surface area contributed by atoms with Crippen LogP contribution >= 0.6 is 0 Å². The molecule has 1 aliphatic heterocycles. The highest BCUT2D eigenvalue weighted by atomic mass is 16.5. The molecule has 0 radical (unpaired) electrons. The highest BCUT2D eigenvalue weighted by Gasteiger charge is 2.32. The molecule has 0 spiro atoms. The summed E-state index contributed by atoms with van der Waals surface area (Å²) in [6.07, 6.45) is 2.36. The molecule has 1 fully saturated rings. The molecule has 3 rings (SSSR count). The van der Waals surface area contributed by atoms with Crippen molar-refractivity contribution in [3.05, 3.63) is 29.3 Å². The Morgan fingerprint density at radius 2 is 2.31 bits per heavy atom. The van der Waals surface area contributed by atoms with Crippen molar-refractivity contribution in [2.45, 2.75) is 25.0 Å². The molecule has 1 aromatic carbocycles. The first-order chi connectivity index (χ1) is 7.88. The van der Waals surface area contributed by atoms with Gasteiger partial charge in [0, 0.05) is 19.0 Å². The van der Waals surface area contributed by atoms with Gasteiger partial charge >= 0.3 is 0 Å². The fraction of sp³-hybridized carbons (Fsp3) is 0.538. The Labute approximate surface area is 95.8 Å². The molecule has 0 bridgehead atoms. The lowest BCUT2D eigenvalue weighted by atomic mass is 9.85. The zero-order valence-electron chi connectivity index (χ0n) is 9.53. The summed E-state index contributed by atoms with van der Waals surface area (Å²) >= 11 is 0. The third kappa shape index (κ3) is 1.60. The minimum Gasteiger partial charge on any atom is -0.496 e. The summed E-state index contributed by atoms with van der Waals surface area (Å²) in [5.41, 5.74) is 2.73. The number of hydrogen-bond donors (Lipinski definition) is 1. The van der Waals surface area contributed by atoms with E-state index in [-0.39, 0.29) is 0 Å². The second-order valence-corrected chi connectivity index (χ2v) is 4.48. The van der Waals surface area contributed by atoms with Crippen molar-refractivity contribution < 1.29 is 9.47 Å². The lowest BCUT2D eigenvalue weighted by Crippen LogP contribution is -2.52. The van der Waals surface area contributed by atoms with E-state index >= 15 is 0 Å². The van der Waals surface area contributed by atoms with E-state index < -0.39 is 0 Å². The number of fused-ring (bicyclic) bond motifs is 2. The van der Waals surface area contributed by atoms with Gasteiger partial charge in [-0.1, -0.05) is 12.1 Å². The van der Waals surface area contributed by atoms with E-state index in [1.54, 1.807) is 7.11 Å². The molecule has 3 heteroatoms. The third-order valence-electron chi connectivity index (χ3n) is 3.58. The maximum absolute atomic E-state index is 5.81. The lowest BCUT2D eigenvalue weighted by Gasteiger charge is -2.37. The summed E-state index contributed by atoms with van der Waals surface area (Å²) in [5.74, 6) is 1.02. The number of hydrogen-bond acceptors (Lipinski definition) is 3. The minimum atomic E-state index is 0.341. The smallest absolute Gasteiger partial charge is 0.122 e. The van der Waals surface area contributed by atoms with Gasteiger partial charge in [0.05, 0.1) is 19.8 Å². The van der Waals surface area contributed by atoms with Gasteiger partial charge < -0.3 is 14.8 Å². The van der Waals surface area contributed by atoms with Crippen molar-refractivity contribution in [2.75, 3.05) is 20.3 Å². The third-order valence-corrected chi connectivity index (χ3v) is 3.58. The first-order valence-corrected chi connectivity index (χ1v) is 5.88. The van der Waals surface area contributed by atoms with Crippen molar-refractivity contribution in [3.63, 3.8) is 0 Å². The van der Waals surface area contributed by atoms with Crippen LogP contribution < -0.4 is 10.1 Å². The van der Waals surface area contributed by atoms with Gasteiger partial charge in [0.25, 0.3) is 0 Å². The van der Waals surface area contributed by atoms with Gasteiger partial charge in [-0.15, -0.1) is 0 Å². The molecule has 1 N–H and O–H groups in total. The molecule has 0 saturated carbocycles. The van der Waals surface area contributed by atoms with Crippen LogP contribution in [0.3, 0.4) is 0 Å². The Bertz CT molecular complexity index is 392. The van der Waals surface area contributed by atoms with Gasteiger partial charge in [0.1, 0.15) is 5.75 Å². The van der Waals surface area contributed by atoms with Crippen LogP contribution in [-0.2, 0) is 17.6 Å². The molecule has 2 aliphatic rings. The number of benzene rings is 1. The Morgan fingerprint density at radius 1 is 1.38 bits per heavy atom. The van der Waals surface area contributed by atoms with Crippen LogP contribution in [0.2, 0.25) is 0 Å². The predicted molar refractivity (Wildman–Crippen MR) is 61.9 cm³/mol. The zero-order chi connectivity index (χ0) is 11.0. The fourth-order valence-electron chi connectivity index (χ4n) is 2.77. The molecule has 86 valence electrons. The number of morpholine rings is 1. The molecular formula is C13H17NO2. The Kier molecular flexibility index (Phi) is 2.58. The SMILES string of the molecule is COc1cccc2c1C[C@@H]1NCCO[C@H]1C2. The van der Waals surface area contributed by atoms with E-state index in [1.807, 2.05) is 6.07 Å². The first-order valence-electron chi connectivity index (χ1n) is 5.88. The predicted octanol–water partition coefficient (Wildman–Crippen LogP) is 1.15. The average Bonchev–Trinajstić information content (AvgIpc) is 2.35. The minimum absolute atomic E-state index is 0.341. The Hall–Kier alpha value is -1.06. The largest absolute Gasteiger partial charge is 0.496 e. The molecule has 0 unspecified atom stereocenters. The topological polar surface area (TPSA) is 30.5 Å². The normalized spacial score (nSPS) is 28.1. The van der Waals surface area contributed by atoms with E-state index in [2.05, 4.69) is 17.4 Å². The second-order valence-electron chi connectivity index (χ2n) is 4.48. The highest BCUT2D eigenvalue weighted by Crippen LogP contribution is 2.31. The number of methoxy groups -OCH3 is 1. The van der Waals surface area contributed by atoms with Gasteiger partial charge in [0.15, 0.2) is 0 Å². The lowest BCUT2D eigenvalue weighted by molar-refractivity contribution is -0.00759. The van der Waals surface area contributed by atoms with E-state index in [0.29, 0.717) is 12.1 Å². The van der Waals surface area contributed by atoms with Crippen LogP contribution in [0.25, 0.3) is 0 Å². The summed E-state index contributed by atoms with van der Waals surface area (Å²) in [6, 6.07) is 6.75. The Morgan fingerprint density at radius 3 is 3.19 bits per heavy atom. The van der Waals surface area contributed by atoms with Gasteiger partial charge in [-0.2, -0.15) is 0 Å². The van der Waals surface area contributed by atoms with Crippen LogP contribution in [0.15, 0.2) is 18.2 Å². The van der Waals surface area contributed by atoms with E-state index in [4.69, 9.17) is 9.47 Å². The molecule has 1 aromatic rings. The molecule has 0 aromatic heterocycles. The molecule has 3 nitrogen and oxygen atoms in total. The summed E-state index contributed by atoms with van der Waals surface area (Å²) in [4.78, 5) is 0. The zero-order valence-corrected chi connectivity index (χ0v) is 9.53. The van der Waals surface area contributed by atoms with Gasteiger partial charge in [0.2, 0.25) is 0 Å². The van der Waals surface area contributed by atoms with Crippen molar-refractivity contribution in [1.82, 2.24) is 5.32 Å². The molecule has 1 heterocycles. The fourth-order valence-corrected chi connectivity index (χ4v) is 2.77. The molecule has 1 saturated heterocycles. The van der Waals surface area contributed by atoms with E-state index in [9.17, 15) is 0 Å². The summed E-state index contributed by atoms with van der Waals surface area (Å²) in [7, 11) is 1.74. The summed E-state index contributed by atoms with van der Waals surface area (Å²) in [5, 5.41) is 3.53. The monoisotopic (exact) mass is 219 g/mol. The van der Waals surface area contributed by atoms with Crippen LogP contribution in [0.4, 0.5) is 0 Å². The van der Waals surface area contributed by atoms with Crippen LogP contribution in [0.1, 0.15) is 11.1 Å².